The fraction of sp³-hybridized carbons (Fsp3) is 0.714. The highest BCUT2D eigenvalue weighted by molar-refractivity contribution is 5.76. The van der Waals surface area contributed by atoms with Gasteiger partial charge in [-0.2, -0.15) is 0 Å². The van der Waals surface area contributed by atoms with Gasteiger partial charge in [-0.1, -0.05) is 0 Å². The lowest BCUT2D eigenvalue weighted by molar-refractivity contribution is -0.146. The largest absolute Gasteiger partial charge is 0.468 e. The van der Waals surface area contributed by atoms with Crippen molar-refractivity contribution >= 4 is 12.3 Å². The van der Waals surface area contributed by atoms with Crippen LogP contribution in [0.2, 0.25) is 0 Å². The van der Waals surface area contributed by atoms with Crippen molar-refractivity contribution < 1.29 is 9.53 Å². The molecule has 0 aliphatic carbocycles. The molecule has 0 N–H and O–H groups in total. The summed E-state index contributed by atoms with van der Waals surface area (Å²) in [6.45, 7) is 4.04. The summed E-state index contributed by atoms with van der Waals surface area (Å²) in [6, 6.07) is 0.640. The summed E-state index contributed by atoms with van der Waals surface area (Å²) >= 11 is 0. The first-order valence-corrected chi connectivity index (χ1v) is 7.03. The molecule has 3 aliphatic rings. The molecular weight excluding hydrogens is 242 g/mol. The number of methoxy groups -OCH3 is 1. The van der Waals surface area contributed by atoms with Crippen LogP contribution in [0.15, 0.2) is 16.8 Å². The Labute approximate surface area is 113 Å². The van der Waals surface area contributed by atoms with Gasteiger partial charge in [0.15, 0.2) is 0 Å². The molecule has 5 heteroatoms. The summed E-state index contributed by atoms with van der Waals surface area (Å²) in [5.74, 6) is -0.0848. The zero-order valence-corrected chi connectivity index (χ0v) is 11.6. The van der Waals surface area contributed by atoms with Gasteiger partial charge >= 0.3 is 5.97 Å². The van der Waals surface area contributed by atoms with Crippen molar-refractivity contribution in [3.63, 3.8) is 0 Å². The zero-order valence-electron chi connectivity index (χ0n) is 11.6. The topological polar surface area (TPSA) is 45.1 Å². The molecule has 5 nitrogen and oxygen atoms in total. The van der Waals surface area contributed by atoms with E-state index in [0.29, 0.717) is 6.04 Å². The molecule has 0 radical (unpaired) electrons. The lowest BCUT2D eigenvalue weighted by atomic mass is 10.1. The lowest BCUT2D eigenvalue weighted by Crippen LogP contribution is -2.44. The number of carbonyl (C=O) groups excluding carboxylic acids is 1. The molecule has 0 bridgehead atoms. The van der Waals surface area contributed by atoms with E-state index in [2.05, 4.69) is 27.8 Å². The Bertz CT molecular complexity index is 432. The number of carbonyl (C=O) groups is 1. The summed E-state index contributed by atoms with van der Waals surface area (Å²) in [4.78, 5) is 20.8. The second-order valence-electron chi connectivity index (χ2n) is 5.59. The third-order valence-electron chi connectivity index (χ3n) is 4.33. The Morgan fingerprint density at radius 1 is 1.53 bits per heavy atom. The fourth-order valence-corrected chi connectivity index (χ4v) is 3.40. The molecule has 3 atom stereocenters. The molecule has 0 aromatic rings. The van der Waals surface area contributed by atoms with Crippen LogP contribution in [0.4, 0.5) is 0 Å². The highest BCUT2D eigenvalue weighted by Gasteiger charge is 2.40. The first-order chi connectivity index (χ1) is 9.19. The summed E-state index contributed by atoms with van der Waals surface area (Å²) in [6.07, 6.45) is 7.20. The molecule has 3 aliphatic heterocycles. The molecule has 104 valence electrons. The van der Waals surface area contributed by atoms with Gasteiger partial charge in [-0.05, 0) is 32.4 Å². The Morgan fingerprint density at radius 3 is 3.16 bits per heavy atom. The molecule has 3 rings (SSSR count). The van der Waals surface area contributed by atoms with Crippen molar-refractivity contribution in [1.82, 2.24) is 9.80 Å². The van der Waals surface area contributed by atoms with Gasteiger partial charge in [0.25, 0.3) is 0 Å². The van der Waals surface area contributed by atoms with Crippen LogP contribution in [0.3, 0.4) is 0 Å². The minimum absolute atomic E-state index is 0.0497. The maximum atomic E-state index is 11.8. The number of esters is 1. The Kier molecular flexibility index (Phi) is 3.31. The number of aliphatic imine (C=N–C) groups is 1. The Morgan fingerprint density at radius 2 is 2.37 bits per heavy atom. The van der Waals surface area contributed by atoms with E-state index >= 15 is 0 Å². The van der Waals surface area contributed by atoms with Crippen LogP contribution in [0.1, 0.15) is 26.2 Å². The normalized spacial score (nSPS) is 34.3. The number of rotatable bonds is 2. The maximum Gasteiger partial charge on any atom is 0.323 e. The van der Waals surface area contributed by atoms with Gasteiger partial charge in [-0.3, -0.25) is 14.7 Å². The van der Waals surface area contributed by atoms with Gasteiger partial charge in [0, 0.05) is 24.7 Å². The van der Waals surface area contributed by atoms with Gasteiger partial charge in [-0.25, -0.2) is 0 Å². The van der Waals surface area contributed by atoms with Crippen molar-refractivity contribution in [2.45, 2.75) is 44.3 Å². The highest BCUT2D eigenvalue weighted by atomic mass is 16.5. The number of ether oxygens (including phenoxy) is 1. The van der Waals surface area contributed by atoms with Crippen LogP contribution in [-0.4, -0.2) is 60.4 Å². The zero-order chi connectivity index (χ0) is 13.4. The Balaban J connectivity index is 1.72. The summed E-state index contributed by atoms with van der Waals surface area (Å²) in [5.41, 5.74) is 1.35. The van der Waals surface area contributed by atoms with Crippen LogP contribution in [0.5, 0.6) is 0 Å². The van der Waals surface area contributed by atoms with E-state index in [0.717, 1.165) is 32.4 Å². The minimum Gasteiger partial charge on any atom is -0.468 e. The number of nitrogens with zero attached hydrogens (tertiary/aromatic N) is 3. The average molecular weight is 263 g/mol. The fourth-order valence-electron chi connectivity index (χ4n) is 3.40. The predicted octanol–water partition coefficient (Wildman–Crippen LogP) is 1.01. The van der Waals surface area contributed by atoms with Crippen molar-refractivity contribution in [2.75, 3.05) is 20.2 Å². The molecule has 2 saturated heterocycles. The monoisotopic (exact) mass is 263 g/mol. The predicted molar refractivity (Wildman–Crippen MR) is 72.9 cm³/mol. The van der Waals surface area contributed by atoms with Gasteiger partial charge < -0.3 is 9.64 Å². The second-order valence-corrected chi connectivity index (χ2v) is 5.59. The number of fused-ring (bicyclic) bond motifs is 1. The first kappa shape index (κ1) is 12.7. The standard InChI is InChI=1S/C14H21N3O2/c1-10-6-11-7-12(8-16(11)9-15-10)17-5-3-4-13(17)14(18)19-2/h6,9-10,12-13H,3-5,7-8H2,1-2H3/t10-,12-,13?/m0/s1. The molecule has 0 spiro atoms. The lowest BCUT2D eigenvalue weighted by Gasteiger charge is -2.28. The van der Waals surface area contributed by atoms with Crippen molar-refractivity contribution in [2.24, 2.45) is 4.99 Å². The molecule has 19 heavy (non-hydrogen) atoms. The molecule has 0 saturated carbocycles. The van der Waals surface area contributed by atoms with Crippen molar-refractivity contribution in [1.29, 1.82) is 0 Å². The van der Waals surface area contributed by atoms with Crippen molar-refractivity contribution in [3.05, 3.63) is 11.8 Å². The third kappa shape index (κ3) is 2.27. The molecular formula is C14H21N3O2. The van der Waals surface area contributed by atoms with Crippen LogP contribution in [0, 0.1) is 0 Å². The summed E-state index contributed by atoms with van der Waals surface area (Å²) < 4.78 is 4.92. The van der Waals surface area contributed by atoms with E-state index in [-0.39, 0.29) is 18.1 Å². The SMILES string of the molecule is COC(=O)C1CCCN1[C@H]1CC2=C[C@H](C)N=CN2C1. The molecule has 0 aromatic heterocycles. The second kappa shape index (κ2) is 4.96. The molecule has 3 heterocycles. The van der Waals surface area contributed by atoms with Crippen LogP contribution < -0.4 is 0 Å². The maximum absolute atomic E-state index is 11.8. The number of hydrogen-bond acceptors (Lipinski definition) is 5. The van der Waals surface area contributed by atoms with Crippen LogP contribution in [-0.2, 0) is 9.53 Å². The molecule has 2 fully saturated rings. The van der Waals surface area contributed by atoms with Gasteiger partial charge in [0.05, 0.1) is 19.5 Å². The number of hydrogen-bond donors (Lipinski definition) is 0. The Hall–Kier alpha value is -1.36. The van der Waals surface area contributed by atoms with Crippen molar-refractivity contribution in [3.8, 4) is 0 Å². The summed E-state index contributed by atoms with van der Waals surface area (Å²) in [7, 11) is 1.48. The molecule has 0 aromatic carbocycles. The van der Waals surface area contributed by atoms with E-state index in [9.17, 15) is 4.79 Å². The summed E-state index contributed by atoms with van der Waals surface area (Å²) in [5, 5.41) is 0. The average Bonchev–Trinajstić information content (AvgIpc) is 3.02. The van der Waals surface area contributed by atoms with Gasteiger partial charge in [-0.15, -0.1) is 0 Å². The van der Waals surface area contributed by atoms with E-state index < -0.39 is 0 Å². The molecule has 0 amide bonds. The van der Waals surface area contributed by atoms with Gasteiger partial charge in [0.1, 0.15) is 6.04 Å². The van der Waals surface area contributed by atoms with E-state index in [4.69, 9.17) is 4.74 Å². The van der Waals surface area contributed by atoms with Crippen LogP contribution in [0.25, 0.3) is 0 Å². The van der Waals surface area contributed by atoms with E-state index in [1.807, 2.05) is 6.34 Å². The van der Waals surface area contributed by atoms with E-state index in [1.54, 1.807) is 0 Å². The van der Waals surface area contributed by atoms with E-state index in [1.165, 1.54) is 12.8 Å². The molecule has 1 unspecified atom stereocenters. The number of likely N-dealkylation sites (tertiary alicyclic amines) is 1. The highest BCUT2D eigenvalue weighted by Crippen LogP contribution is 2.31. The van der Waals surface area contributed by atoms with Crippen LogP contribution >= 0.6 is 0 Å². The third-order valence-corrected chi connectivity index (χ3v) is 4.33. The van der Waals surface area contributed by atoms with Gasteiger partial charge in [0.2, 0.25) is 0 Å². The quantitative estimate of drug-likeness (QED) is 0.698. The smallest absolute Gasteiger partial charge is 0.323 e. The first-order valence-electron chi connectivity index (χ1n) is 7.03. The minimum atomic E-state index is -0.0848.